The summed E-state index contributed by atoms with van der Waals surface area (Å²) in [6, 6.07) is 10.8. The number of amides is 3. The topological polar surface area (TPSA) is 103 Å². The van der Waals surface area contributed by atoms with E-state index in [0.717, 1.165) is 25.5 Å². The summed E-state index contributed by atoms with van der Waals surface area (Å²) in [5.74, 6) is -1.64. The van der Waals surface area contributed by atoms with E-state index >= 15 is 0 Å². The summed E-state index contributed by atoms with van der Waals surface area (Å²) >= 11 is 0. The van der Waals surface area contributed by atoms with Crippen molar-refractivity contribution in [3.8, 4) is 5.75 Å². The standard InChI is InChI=1S/C21H21FN2O6/c22-17-5-1-2-6-18(17)23-21(27)24-19(25)13-30-20(26)14-7-9-15(10-8-14)29-12-16-4-3-11-28-16/h1-2,5-10,16H,3-4,11-13H2,(H2,23,24,25,27)/t16-/m1/s1. The van der Waals surface area contributed by atoms with Crippen LogP contribution in [0.1, 0.15) is 23.2 Å². The van der Waals surface area contributed by atoms with E-state index < -0.39 is 30.3 Å². The summed E-state index contributed by atoms with van der Waals surface area (Å²) in [7, 11) is 0. The van der Waals surface area contributed by atoms with Crippen molar-refractivity contribution in [2.75, 3.05) is 25.1 Å². The van der Waals surface area contributed by atoms with Gasteiger partial charge in [0.25, 0.3) is 5.91 Å². The van der Waals surface area contributed by atoms with Crippen LogP contribution >= 0.6 is 0 Å². The lowest BCUT2D eigenvalue weighted by molar-refractivity contribution is -0.123. The van der Waals surface area contributed by atoms with Crippen molar-refractivity contribution in [2.45, 2.75) is 18.9 Å². The molecular weight excluding hydrogens is 395 g/mol. The molecule has 2 N–H and O–H groups in total. The molecule has 2 aromatic rings. The number of halogens is 1. The molecule has 0 saturated carbocycles. The second kappa shape index (κ2) is 10.4. The summed E-state index contributed by atoms with van der Waals surface area (Å²) in [5, 5.41) is 4.14. The molecule has 1 aliphatic rings. The highest BCUT2D eigenvalue weighted by Crippen LogP contribution is 2.17. The zero-order chi connectivity index (χ0) is 21.3. The number of imide groups is 1. The van der Waals surface area contributed by atoms with Gasteiger partial charge < -0.3 is 19.5 Å². The third-order valence-corrected chi connectivity index (χ3v) is 4.26. The summed E-state index contributed by atoms with van der Waals surface area (Å²) in [6.45, 7) is 0.525. The smallest absolute Gasteiger partial charge is 0.338 e. The Morgan fingerprint density at radius 3 is 2.57 bits per heavy atom. The molecule has 2 aromatic carbocycles. The molecule has 30 heavy (non-hydrogen) atoms. The molecular formula is C21H21FN2O6. The Labute approximate surface area is 172 Å². The molecule has 158 valence electrons. The van der Waals surface area contributed by atoms with Crippen LogP contribution in [0, 0.1) is 5.82 Å². The molecule has 8 nitrogen and oxygen atoms in total. The molecule has 0 unspecified atom stereocenters. The van der Waals surface area contributed by atoms with Crippen LogP contribution in [0.2, 0.25) is 0 Å². The van der Waals surface area contributed by atoms with Crippen molar-refractivity contribution in [1.82, 2.24) is 5.32 Å². The molecule has 0 aromatic heterocycles. The molecule has 1 aliphatic heterocycles. The third-order valence-electron chi connectivity index (χ3n) is 4.26. The fourth-order valence-corrected chi connectivity index (χ4v) is 2.75. The first kappa shape index (κ1) is 21.3. The average molecular weight is 416 g/mol. The van der Waals surface area contributed by atoms with Crippen LogP contribution in [0.4, 0.5) is 14.9 Å². The molecule has 0 aliphatic carbocycles. The maximum Gasteiger partial charge on any atom is 0.338 e. The second-order valence-corrected chi connectivity index (χ2v) is 6.53. The Hall–Kier alpha value is -3.46. The van der Waals surface area contributed by atoms with E-state index in [4.69, 9.17) is 14.2 Å². The summed E-state index contributed by atoms with van der Waals surface area (Å²) in [6.07, 6.45) is 2.07. The Bertz CT molecular complexity index is 897. The van der Waals surface area contributed by atoms with Crippen molar-refractivity contribution in [3.05, 3.63) is 59.9 Å². The number of ether oxygens (including phenoxy) is 3. The average Bonchev–Trinajstić information content (AvgIpc) is 3.26. The quantitative estimate of drug-likeness (QED) is 0.673. The van der Waals surface area contributed by atoms with Crippen molar-refractivity contribution < 1.29 is 33.0 Å². The predicted molar refractivity (Wildman–Crippen MR) is 105 cm³/mol. The molecule has 0 spiro atoms. The van der Waals surface area contributed by atoms with Crippen LogP contribution in [0.3, 0.4) is 0 Å². The number of benzene rings is 2. The summed E-state index contributed by atoms with van der Waals surface area (Å²) in [4.78, 5) is 35.5. The molecule has 1 heterocycles. The van der Waals surface area contributed by atoms with E-state index in [0.29, 0.717) is 12.4 Å². The normalized spacial score (nSPS) is 15.3. The van der Waals surface area contributed by atoms with Crippen LogP contribution < -0.4 is 15.4 Å². The van der Waals surface area contributed by atoms with Gasteiger partial charge in [-0.15, -0.1) is 0 Å². The Balaban J connectivity index is 1.40. The number of rotatable bonds is 7. The number of hydrogen-bond acceptors (Lipinski definition) is 6. The monoisotopic (exact) mass is 416 g/mol. The minimum absolute atomic E-state index is 0.0819. The number of carbonyl (C=O) groups is 3. The minimum Gasteiger partial charge on any atom is -0.491 e. The number of urea groups is 1. The first-order valence-corrected chi connectivity index (χ1v) is 9.38. The van der Waals surface area contributed by atoms with E-state index in [1.54, 1.807) is 12.1 Å². The van der Waals surface area contributed by atoms with Gasteiger partial charge in [0.15, 0.2) is 6.61 Å². The van der Waals surface area contributed by atoms with Gasteiger partial charge in [-0.3, -0.25) is 10.1 Å². The first-order valence-electron chi connectivity index (χ1n) is 9.38. The highest BCUT2D eigenvalue weighted by atomic mass is 19.1. The lowest BCUT2D eigenvalue weighted by Crippen LogP contribution is -2.37. The molecule has 0 radical (unpaired) electrons. The lowest BCUT2D eigenvalue weighted by Gasteiger charge is -2.11. The molecule has 1 atom stereocenters. The second-order valence-electron chi connectivity index (χ2n) is 6.53. The SMILES string of the molecule is O=C(COC(=O)c1ccc(OC[C@H]2CCCO2)cc1)NC(=O)Nc1ccccc1F. The van der Waals surface area contributed by atoms with Crippen molar-refractivity contribution in [1.29, 1.82) is 0 Å². The molecule has 1 fully saturated rings. The molecule has 3 rings (SSSR count). The zero-order valence-corrected chi connectivity index (χ0v) is 16.1. The van der Waals surface area contributed by atoms with Gasteiger partial charge in [-0.1, -0.05) is 12.1 Å². The van der Waals surface area contributed by atoms with E-state index in [1.165, 1.54) is 30.3 Å². The zero-order valence-electron chi connectivity index (χ0n) is 16.1. The highest BCUT2D eigenvalue weighted by molar-refractivity contribution is 6.02. The molecule has 9 heteroatoms. The van der Waals surface area contributed by atoms with Gasteiger partial charge in [0, 0.05) is 6.61 Å². The van der Waals surface area contributed by atoms with E-state index in [2.05, 4.69) is 5.32 Å². The minimum atomic E-state index is -0.936. The van der Waals surface area contributed by atoms with Gasteiger partial charge in [0.05, 0.1) is 17.4 Å². The number of hydrogen-bond donors (Lipinski definition) is 2. The van der Waals surface area contributed by atoms with Crippen molar-refractivity contribution >= 4 is 23.6 Å². The number of para-hydroxylation sites is 1. The van der Waals surface area contributed by atoms with Gasteiger partial charge >= 0.3 is 12.0 Å². The fourth-order valence-electron chi connectivity index (χ4n) is 2.75. The lowest BCUT2D eigenvalue weighted by atomic mass is 10.2. The van der Waals surface area contributed by atoms with E-state index in [-0.39, 0.29) is 17.4 Å². The van der Waals surface area contributed by atoms with E-state index in [9.17, 15) is 18.8 Å². The number of nitrogens with one attached hydrogen (secondary N) is 2. The Kier molecular flexibility index (Phi) is 7.34. The predicted octanol–water partition coefficient (Wildman–Crippen LogP) is 2.89. The fraction of sp³-hybridized carbons (Fsp3) is 0.286. The molecule has 0 bridgehead atoms. The Morgan fingerprint density at radius 2 is 1.87 bits per heavy atom. The largest absolute Gasteiger partial charge is 0.491 e. The van der Waals surface area contributed by atoms with Crippen molar-refractivity contribution in [2.24, 2.45) is 0 Å². The number of carbonyl (C=O) groups excluding carboxylic acids is 3. The van der Waals surface area contributed by atoms with Crippen LogP contribution in [-0.4, -0.2) is 43.8 Å². The number of esters is 1. The third kappa shape index (κ3) is 6.28. The highest BCUT2D eigenvalue weighted by Gasteiger charge is 2.17. The summed E-state index contributed by atoms with van der Waals surface area (Å²) in [5.41, 5.74) is 0.143. The summed E-state index contributed by atoms with van der Waals surface area (Å²) < 4.78 is 29.4. The molecule has 1 saturated heterocycles. The van der Waals surface area contributed by atoms with E-state index in [1.807, 2.05) is 5.32 Å². The van der Waals surface area contributed by atoms with Crippen LogP contribution in [0.15, 0.2) is 48.5 Å². The van der Waals surface area contributed by atoms with Crippen LogP contribution in [0.25, 0.3) is 0 Å². The molecule has 3 amide bonds. The van der Waals surface area contributed by atoms with Gasteiger partial charge in [-0.25, -0.2) is 14.0 Å². The van der Waals surface area contributed by atoms with Gasteiger partial charge in [0.1, 0.15) is 18.2 Å². The number of anilines is 1. The first-order chi connectivity index (χ1) is 14.5. The van der Waals surface area contributed by atoms with Gasteiger partial charge in [-0.2, -0.15) is 0 Å². The van der Waals surface area contributed by atoms with Gasteiger partial charge in [-0.05, 0) is 49.2 Å². The van der Waals surface area contributed by atoms with Crippen molar-refractivity contribution in [3.63, 3.8) is 0 Å². The Morgan fingerprint density at radius 1 is 1.10 bits per heavy atom. The van der Waals surface area contributed by atoms with Crippen LogP contribution in [0.5, 0.6) is 5.75 Å². The maximum absolute atomic E-state index is 13.5. The van der Waals surface area contributed by atoms with Gasteiger partial charge in [0.2, 0.25) is 0 Å². The maximum atomic E-state index is 13.5. The van der Waals surface area contributed by atoms with Crippen LogP contribution in [-0.2, 0) is 14.3 Å².